The van der Waals surface area contributed by atoms with Gasteiger partial charge in [-0.25, -0.2) is 8.42 Å². The number of nitrogens with zero attached hydrogens (tertiary/aromatic N) is 1. The van der Waals surface area contributed by atoms with Crippen molar-refractivity contribution >= 4 is 49.1 Å². The van der Waals surface area contributed by atoms with Gasteiger partial charge in [0.2, 0.25) is 21.8 Å². The zero-order valence-electron chi connectivity index (χ0n) is 15.2. The number of anilines is 2. The molecule has 0 spiro atoms. The van der Waals surface area contributed by atoms with Crippen molar-refractivity contribution in [2.45, 2.75) is 30.7 Å². The van der Waals surface area contributed by atoms with Gasteiger partial charge in [-0.3, -0.25) is 9.59 Å². The molecule has 1 unspecified atom stereocenters. The van der Waals surface area contributed by atoms with Crippen LogP contribution in [-0.4, -0.2) is 37.1 Å². The van der Waals surface area contributed by atoms with Crippen LogP contribution in [0.5, 0.6) is 0 Å². The second kappa shape index (κ2) is 8.42. The summed E-state index contributed by atoms with van der Waals surface area (Å²) in [4.78, 5) is 24.1. The molecular weight excluding hydrogens is 446 g/mol. The molecule has 0 saturated carbocycles. The highest BCUT2D eigenvalue weighted by atomic mass is 79.9. The van der Waals surface area contributed by atoms with Crippen molar-refractivity contribution in [3.8, 4) is 0 Å². The van der Waals surface area contributed by atoms with Crippen LogP contribution in [-0.2, 0) is 19.6 Å². The van der Waals surface area contributed by atoms with E-state index < -0.39 is 22.0 Å². The van der Waals surface area contributed by atoms with Gasteiger partial charge < -0.3 is 10.6 Å². The van der Waals surface area contributed by atoms with Gasteiger partial charge in [0.25, 0.3) is 0 Å². The van der Waals surface area contributed by atoms with Crippen LogP contribution < -0.4 is 10.6 Å². The van der Waals surface area contributed by atoms with Crippen molar-refractivity contribution in [3.05, 3.63) is 53.0 Å². The Kier molecular flexibility index (Phi) is 6.17. The van der Waals surface area contributed by atoms with Gasteiger partial charge in [0.1, 0.15) is 6.04 Å². The Balaban J connectivity index is 1.78. The maximum atomic E-state index is 13.0. The van der Waals surface area contributed by atoms with Crippen molar-refractivity contribution in [2.24, 2.45) is 0 Å². The normalized spacial score (nSPS) is 17.3. The van der Waals surface area contributed by atoms with Gasteiger partial charge in [-0.2, -0.15) is 4.31 Å². The van der Waals surface area contributed by atoms with E-state index in [9.17, 15) is 18.0 Å². The maximum Gasteiger partial charge on any atom is 0.243 e. The lowest BCUT2D eigenvalue weighted by Crippen LogP contribution is -2.43. The third-order valence-corrected chi connectivity index (χ3v) is 6.83. The second-order valence-corrected chi connectivity index (χ2v) is 9.29. The average Bonchev–Trinajstić information content (AvgIpc) is 3.12. The maximum absolute atomic E-state index is 13.0. The lowest BCUT2D eigenvalue weighted by atomic mass is 10.2. The molecule has 2 aromatic rings. The lowest BCUT2D eigenvalue weighted by Gasteiger charge is -2.23. The molecule has 7 nitrogen and oxygen atoms in total. The van der Waals surface area contributed by atoms with Gasteiger partial charge in [-0.1, -0.05) is 22.0 Å². The van der Waals surface area contributed by atoms with E-state index in [0.717, 1.165) is 4.47 Å². The minimum Gasteiger partial charge on any atom is -0.326 e. The number of benzene rings is 2. The molecule has 2 amide bonds. The number of hydrogen-bond donors (Lipinski definition) is 2. The van der Waals surface area contributed by atoms with Crippen molar-refractivity contribution in [1.82, 2.24) is 4.31 Å². The minimum absolute atomic E-state index is 0.156. The summed E-state index contributed by atoms with van der Waals surface area (Å²) in [6.07, 6.45) is 1.06. The molecule has 1 atom stereocenters. The van der Waals surface area contributed by atoms with E-state index >= 15 is 0 Å². The number of nitrogens with one attached hydrogen (secondary N) is 2. The predicted octanol–water partition coefficient (Wildman–Crippen LogP) is 3.20. The summed E-state index contributed by atoms with van der Waals surface area (Å²) in [5.41, 5.74) is 1.04. The number of halogens is 1. The highest BCUT2D eigenvalue weighted by Crippen LogP contribution is 2.28. The smallest absolute Gasteiger partial charge is 0.243 e. The first kappa shape index (κ1) is 20.5. The molecule has 0 radical (unpaired) electrons. The van der Waals surface area contributed by atoms with Gasteiger partial charge in [-0.15, -0.1) is 0 Å². The molecular formula is C19H20BrN3O4S. The van der Waals surface area contributed by atoms with Crippen molar-refractivity contribution in [2.75, 3.05) is 17.2 Å². The molecule has 148 valence electrons. The molecule has 0 aromatic heterocycles. The standard InChI is InChI=1S/C19H20BrN3O4S/c1-13(24)21-15-4-2-5-16(12-15)22-19(25)18-6-3-11-23(18)28(26,27)17-9-7-14(20)8-10-17/h2,4-5,7-10,12,18H,3,6,11H2,1H3,(H,21,24)(H,22,25). The Bertz CT molecular complexity index is 992. The summed E-state index contributed by atoms with van der Waals surface area (Å²) in [6, 6.07) is 12.3. The molecule has 9 heteroatoms. The fourth-order valence-electron chi connectivity index (χ4n) is 3.14. The average molecular weight is 466 g/mol. The number of carbonyl (C=O) groups excluding carboxylic acids is 2. The summed E-state index contributed by atoms with van der Waals surface area (Å²) >= 11 is 3.29. The van der Waals surface area contributed by atoms with Crippen LogP contribution >= 0.6 is 15.9 Å². The predicted molar refractivity (Wildman–Crippen MR) is 110 cm³/mol. The van der Waals surface area contributed by atoms with E-state index in [1.807, 2.05) is 0 Å². The third kappa shape index (κ3) is 4.60. The number of rotatable bonds is 5. The third-order valence-electron chi connectivity index (χ3n) is 4.38. The summed E-state index contributed by atoms with van der Waals surface area (Å²) in [5.74, 6) is -0.607. The van der Waals surface area contributed by atoms with E-state index in [1.165, 1.54) is 23.4 Å². The summed E-state index contributed by atoms with van der Waals surface area (Å²) in [5, 5.41) is 5.40. The molecule has 2 N–H and O–H groups in total. The lowest BCUT2D eigenvalue weighted by molar-refractivity contribution is -0.119. The first-order valence-corrected chi connectivity index (χ1v) is 11.0. The zero-order chi connectivity index (χ0) is 20.3. The van der Waals surface area contributed by atoms with Crippen LogP contribution in [0.25, 0.3) is 0 Å². The van der Waals surface area contributed by atoms with Gasteiger partial charge >= 0.3 is 0 Å². The first-order valence-electron chi connectivity index (χ1n) is 8.73. The Morgan fingerprint density at radius 3 is 2.36 bits per heavy atom. The van der Waals surface area contributed by atoms with Crippen LogP contribution in [0, 0.1) is 0 Å². The van der Waals surface area contributed by atoms with Crippen LogP contribution in [0.2, 0.25) is 0 Å². The van der Waals surface area contributed by atoms with E-state index in [-0.39, 0.29) is 10.8 Å². The van der Waals surface area contributed by atoms with Crippen molar-refractivity contribution < 1.29 is 18.0 Å². The fourth-order valence-corrected chi connectivity index (χ4v) is 5.06. The fraction of sp³-hybridized carbons (Fsp3) is 0.263. The number of amides is 2. The van der Waals surface area contributed by atoms with E-state index in [4.69, 9.17) is 0 Å². The van der Waals surface area contributed by atoms with Crippen LogP contribution in [0.1, 0.15) is 19.8 Å². The van der Waals surface area contributed by atoms with E-state index in [2.05, 4.69) is 26.6 Å². The topological polar surface area (TPSA) is 95.6 Å². The quantitative estimate of drug-likeness (QED) is 0.708. The monoisotopic (exact) mass is 465 g/mol. The molecule has 1 saturated heterocycles. The Morgan fingerprint density at radius 1 is 1.07 bits per heavy atom. The molecule has 1 heterocycles. The Morgan fingerprint density at radius 2 is 1.71 bits per heavy atom. The Labute approximate surface area is 172 Å². The van der Waals surface area contributed by atoms with Gasteiger partial charge in [-0.05, 0) is 55.3 Å². The van der Waals surface area contributed by atoms with Crippen molar-refractivity contribution in [1.29, 1.82) is 0 Å². The SMILES string of the molecule is CC(=O)Nc1cccc(NC(=O)C2CCCN2S(=O)(=O)c2ccc(Br)cc2)c1. The summed E-state index contributed by atoms with van der Waals surface area (Å²) in [7, 11) is -3.77. The van der Waals surface area contributed by atoms with Gasteiger partial charge in [0, 0.05) is 29.3 Å². The number of hydrogen-bond acceptors (Lipinski definition) is 4. The van der Waals surface area contributed by atoms with Crippen LogP contribution in [0.3, 0.4) is 0 Å². The molecule has 0 bridgehead atoms. The number of carbonyl (C=O) groups is 2. The van der Waals surface area contributed by atoms with Crippen LogP contribution in [0.4, 0.5) is 11.4 Å². The van der Waals surface area contributed by atoms with E-state index in [0.29, 0.717) is 30.8 Å². The second-order valence-electron chi connectivity index (χ2n) is 6.48. The highest BCUT2D eigenvalue weighted by molar-refractivity contribution is 9.10. The van der Waals surface area contributed by atoms with Crippen molar-refractivity contribution in [3.63, 3.8) is 0 Å². The Hall–Kier alpha value is -2.23. The minimum atomic E-state index is -3.77. The molecule has 1 fully saturated rings. The zero-order valence-corrected chi connectivity index (χ0v) is 17.6. The summed E-state index contributed by atoms with van der Waals surface area (Å²) in [6.45, 7) is 1.69. The molecule has 2 aromatic carbocycles. The highest BCUT2D eigenvalue weighted by Gasteiger charge is 2.39. The first-order chi connectivity index (χ1) is 13.3. The molecule has 1 aliphatic rings. The molecule has 1 aliphatic heterocycles. The van der Waals surface area contributed by atoms with Crippen LogP contribution in [0.15, 0.2) is 57.9 Å². The summed E-state index contributed by atoms with van der Waals surface area (Å²) < 4.78 is 28.0. The van der Waals surface area contributed by atoms with E-state index in [1.54, 1.807) is 36.4 Å². The number of sulfonamides is 1. The van der Waals surface area contributed by atoms with Gasteiger partial charge in [0.05, 0.1) is 4.90 Å². The molecule has 0 aliphatic carbocycles. The largest absolute Gasteiger partial charge is 0.326 e. The molecule has 3 rings (SSSR count). The van der Waals surface area contributed by atoms with Gasteiger partial charge in [0.15, 0.2) is 0 Å². The molecule has 28 heavy (non-hydrogen) atoms.